The van der Waals surface area contributed by atoms with Gasteiger partial charge in [-0.3, -0.25) is 9.69 Å². The molecular formula is C28H34N2O5. The van der Waals surface area contributed by atoms with Gasteiger partial charge in [-0.2, -0.15) is 0 Å². The second-order valence-corrected chi connectivity index (χ2v) is 8.77. The van der Waals surface area contributed by atoms with Crippen LogP contribution in [0.2, 0.25) is 0 Å². The van der Waals surface area contributed by atoms with Crippen LogP contribution in [0.3, 0.4) is 0 Å². The van der Waals surface area contributed by atoms with Crippen molar-refractivity contribution in [3.05, 3.63) is 53.8 Å². The highest BCUT2D eigenvalue weighted by molar-refractivity contribution is 6.01. The van der Waals surface area contributed by atoms with Crippen LogP contribution in [-0.2, 0) is 9.53 Å². The topological polar surface area (TPSA) is 73.2 Å². The first-order valence-electron chi connectivity index (χ1n) is 12.0. The lowest BCUT2D eigenvalue weighted by Crippen LogP contribution is -2.38. The van der Waals surface area contributed by atoms with Crippen LogP contribution in [0.1, 0.15) is 24.5 Å². The van der Waals surface area contributed by atoms with Crippen molar-refractivity contribution >= 4 is 22.4 Å². The molecule has 1 aliphatic rings. The van der Waals surface area contributed by atoms with Gasteiger partial charge in [0.05, 0.1) is 33.7 Å². The number of allylic oxidation sites excluding steroid dienone is 1. The van der Waals surface area contributed by atoms with Crippen molar-refractivity contribution in [2.45, 2.75) is 20.3 Å². The van der Waals surface area contributed by atoms with Gasteiger partial charge in [0.25, 0.3) is 0 Å². The average molecular weight is 479 g/mol. The van der Waals surface area contributed by atoms with Crippen LogP contribution in [0.4, 0.5) is 0 Å². The van der Waals surface area contributed by atoms with Gasteiger partial charge in [-0.25, -0.2) is 0 Å². The van der Waals surface area contributed by atoms with E-state index in [2.05, 4.69) is 10.2 Å². The van der Waals surface area contributed by atoms with Gasteiger partial charge in [-0.15, -0.1) is 0 Å². The first-order chi connectivity index (χ1) is 17.0. The van der Waals surface area contributed by atoms with Crippen LogP contribution < -0.4 is 14.8 Å². The van der Waals surface area contributed by atoms with E-state index in [0.29, 0.717) is 12.3 Å². The van der Waals surface area contributed by atoms with Crippen LogP contribution in [0.15, 0.2) is 47.1 Å². The molecule has 3 aromatic rings. The summed E-state index contributed by atoms with van der Waals surface area (Å²) in [7, 11) is 3.30. The van der Waals surface area contributed by atoms with Crippen LogP contribution in [0.5, 0.6) is 11.5 Å². The second kappa shape index (κ2) is 11.4. The fourth-order valence-corrected chi connectivity index (χ4v) is 4.55. The summed E-state index contributed by atoms with van der Waals surface area (Å²) in [5, 5.41) is 3.97. The number of fused-ring (bicyclic) bond motifs is 1. The molecule has 2 heterocycles. The molecule has 1 N–H and O–H groups in total. The summed E-state index contributed by atoms with van der Waals surface area (Å²) in [6.07, 6.45) is 4.31. The Bertz CT molecular complexity index is 1210. The predicted molar refractivity (Wildman–Crippen MR) is 138 cm³/mol. The number of methoxy groups -OCH3 is 2. The van der Waals surface area contributed by atoms with E-state index < -0.39 is 0 Å². The molecule has 0 saturated carbocycles. The fraction of sp³-hybridized carbons (Fsp3) is 0.393. The van der Waals surface area contributed by atoms with Crippen LogP contribution in [-0.4, -0.2) is 64.4 Å². The minimum atomic E-state index is -0.107. The monoisotopic (exact) mass is 478 g/mol. The predicted octanol–water partition coefficient (Wildman–Crippen LogP) is 4.67. The smallest absolute Gasteiger partial charge is 0.244 e. The number of carbonyl (C=O) groups is 1. The highest BCUT2D eigenvalue weighted by Crippen LogP contribution is 2.41. The highest BCUT2D eigenvalue weighted by Gasteiger charge is 2.19. The van der Waals surface area contributed by atoms with Crippen molar-refractivity contribution in [3.63, 3.8) is 0 Å². The molecule has 2 aromatic carbocycles. The van der Waals surface area contributed by atoms with Crippen LogP contribution in [0.25, 0.3) is 27.7 Å². The van der Waals surface area contributed by atoms with Crippen molar-refractivity contribution in [1.29, 1.82) is 0 Å². The molecule has 7 heteroatoms. The lowest BCUT2D eigenvalue weighted by Gasteiger charge is -2.26. The number of furan rings is 1. The van der Waals surface area contributed by atoms with Crippen molar-refractivity contribution in [1.82, 2.24) is 10.2 Å². The SMILES string of the molecule is COc1cccc(-c2coc3c(C)c(OC)c(/C(C)=C/C(=O)NCCCN4CCOCC4)cc23)c1. The molecule has 0 atom stereocenters. The van der Waals surface area contributed by atoms with Crippen molar-refractivity contribution in [2.75, 3.05) is 53.6 Å². The molecule has 1 aliphatic heterocycles. The van der Waals surface area contributed by atoms with Crippen LogP contribution >= 0.6 is 0 Å². The number of aryl methyl sites for hydroxylation is 1. The van der Waals surface area contributed by atoms with E-state index in [4.69, 9.17) is 18.6 Å². The summed E-state index contributed by atoms with van der Waals surface area (Å²) in [4.78, 5) is 15.0. The number of ether oxygens (including phenoxy) is 3. The van der Waals surface area contributed by atoms with E-state index in [1.54, 1.807) is 26.6 Å². The Hall–Kier alpha value is -3.29. The number of hydrogen-bond donors (Lipinski definition) is 1. The van der Waals surface area contributed by atoms with E-state index in [0.717, 1.165) is 83.8 Å². The van der Waals surface area contributed by atoms with Crippen molar-refractivity contribution in [3.8, 4) is 22.6 Å². The molecule has 186 valence electrons. The Morgan fingerprint density at radius 3 is 2.71 bits per heavy atom. The number of amides is 1. The zero-order valence-corrected chi connectivity index (χ0v) is 21.0. The van der Waals surface area contributed by atoms with Gasteiger partial charge in [0, 0.05) is 47.8 Å². The first-order valence-corrected chi connectivity index (χ1v) is 12.0. The minimum absolute atomic E-state index is 0.107. The summed E-state index contributed by atoms with van der Waals surface area (Å²) in [6, 6.07) is 9.92. The number of benzene rings is 2. The molecule has 0 unspecified atom stereocenters. The molecule has 0 radical (unpaired) electrons. The molecule has 0 spiro atoms. The zero-order valence-electron chi connectivity index (χ0n) is 21.0. The summed E-state index contributed by atoms with van der Waals surface area (Å²) >= 11 is 0. The van der Waals surface area contributed by atoms with E-state index in [-0.39, 0.29) is 5.91 Å². The second-order valence-electron chi connectivity index (χ2n) is 8.77. The third kappa shape index (κ3) is 5.69. The van der Waals surface area contributed by atoms with Crippen molar-refractivity contribution in [2.24, 2.45) is 0 Å². The van der Waals surface area contributed by atoms with Gasteiger partial charge in [-0.1, -0.05) is 12.1 Å². The van der Waals surface area contributed by atoms with E-state index >= 15 is 0 Å². The van der Waals surface area contributed by atoms with Crippen molar-refractivity contribution < 1.29 is 23.4 Å². The summed E-state index contributed by atoms with van der Waals surface area (Å²) in [5.41, 5.74) is 5.32. The molecule has 35 heavy (non-hydrogen) atoms. The summed E-state index contributed by atoms with van der Waals surface area (Å²) in [5.74, 6) is 1.38. The number of hydrogen-bond acceptors (Lipinski definition) is 6. The first kappa shape index (κ1) is 24.8. The molecule has 0 bridgehead atoms. The Balaban J connectivity index is 1.54. The molecule has 4 rings (SSSR count). The summed E-state index contributed by atoms with van der Waals surface area (Å²) in [6.45, 7) is 9.00. The lowest BCUT2D eigenvalue weighted by molar-refractivity contribution is -0.116. The van der Waals surface area contributed by atoms with Crippen LogP contribution in [0, 0.1) is 6.92 Å². The largest absolute Gasteiger partial charge is 0.497 e. The maximum absolute atomic E-state index is 12.6. The minimum Gasteiger partial charge on any atom is -0.497 e. The fourth-order valence-electron chi connectivity index (χ4n) is 4.55. The molecule has 1 saturated heterocycles. The van der Waals surface area contributed by atoms with Gasteiger partial charge in [-0.05, 0) is 56.1 Å². The zero-order chi connectivity index (χ0) is 24.8. The Kier molecular flexibility index (Phi) is 8.10. The Labute approximate surface area is 206 Å². The Morgan fingerprint density at radius 2 is 1.97 bits per heavy atom. The molecular weight excluding hydrogens is 444 g/mol. The quantitative estimate of drug-likeness (QED) is 0.356. The number of nitrogens with zero attached hydrogens (tertiary/aromatic N) is 1. The molecule has 1 fully saturated rings. The van der Waals surface area contributed by atoms with Gasteiger partial charge in [0.2, 0.25) is 5.91 Å². The number of rotatable bonds is 9. The van der Waals surface area contributed by atoms with Gasteiger partial charge < -0.3 is 23.9 Å². The van der Waals surface area contributed by atoms with Gasteiger partial charge in [0.1, 0.15) is 17.1 Å². The lowest BCUT2D eigenvalue weighted by atomic mass is 9.96. The molecule has 7 nitrogen and oxygen atoms in total. The molecule has 1 aromatic heterocycles. The number of morpholine rings is 1. The van der Waals surface area contributed by atoms with Gasteiger partial charge in [0.15, 0.2) is 0 Å². The maximum Gasteiger partial charge on any atom is 0.244 e. The summed E-state index contributed by atoms with van der Waals surface area (Å²) < 4.78 is 22.5. The average Bonchev–Trinajstić information content (AvgIpc) is 3.31. The normalized spacial score (nSPS) is 14.8. The standard InChI is InChI=1S/C28H34N2O5/c1-19(15-26(31)29-9-6-10-30-11-13-34-14-12-30)23-17-24-25(21-7-5-8-22(16-21)32-3)18-35-28(24)20(2)27(23)33-4/h5,7-8,15-18H,6,9-14H2,1-4H3,(H,29,31)/b19-15+. The third-order valence-corrected chi connectivity index (χ3v) is 6.46. The molecule has 0 aliphatic carbocycles. The maximum atomic E-state index is 12.6. The van der Waals surface area contributed by atoms with Gasteiger partial charge >= 0.3 is 0 Å². The Morgan fingerprint density at radius 1 is 1.17 bits per heavy atom. The third-order valence-electron chi connectivity index (χ3n) is 6.46. The highest BCUT2D eigenvalue weighted by atomic mass is 16.5. The van der Waals surface area contributed by atoms with E-state index in [1.807, 2.05) is 44.2 Å². The number of carbonyl (C=O) groups excluding carboxylic acids is 1. The van der Waals surface area contributed by atoms with E-state index in [9.17, 15) is 4.79 Å². The van der Waals surface area contributed by atoms with E-state index in [1.165, 1.54) is 0 Å². The number of nitrogens with one attached hydrogen (secondary N) is 1. The molecule has 1 amide bonds.